The lowest BCUT2D eigenvalue weighted by atomic mass is 10.1. The van der Waals surface area contributed by atoms with E-state index in [1.54, 1.807) is 43.3 Å². The number of hydrogen-bond acceptors (Lipinski definition) is 5. The molecule has 0 unspecified atom stereocenters. The molecule has 1 atom stereocenters. The van der Waals surface area contributed by atoms with Gasteiger partial charge in [0.1, 0.15) is 11.9 Å². The third kappa shape index (κ3) is 9.12. The maximum absolute atomic E-state index is 13.4. The Kier molecular flexibility index (Phi) is 11.4. The SMILES string of the molecule is CC(C)OCCCNC(=O)[C@H](C)N(Cc1ccc(F)cc1)C(=O)CCc1ccc(S(=O)(=O)N2CCCC2)cc1. The predicted molar refractivity (Wildman–Crippen MR) is 148 cm³/mol. The van der Waals surface area contributed by atoms with E-state index in [4.69, 9.17) is 4.74 Å². The number of sulfonamides is 1. The van der Waals surface area contributed by atoms with Crippen LogP contribution in [0, 0.1) is 5.82 Å². The van der Waals surface area contributed by atoms with Gasteiger partial charge < -0.3 is 15.0 Å². The van der Waals surface area contributed by atoms with Gasteiger partial charge in [0.2, 0.25) is 21.8 Å². The Balaban J connectivity index is 1.63. The minimum Gasteiger partial charge on any atom is -0.379 e. The molecule has 0 aromatic heterocycles. The quantitative estimate of drug-likeness (QED) is 0.353. The van der Waals surface area contributed by atoms with Gasteiger partial charge in [-0.05, 0) is 81.8 Å². The van der Waals surface area contributed by atoms with Crippen molar-refractivity contribution in [2.24, 2.45) is 0 Å². The van der Waals surface area contributed by atoms with E-state index in [-0.39, 0.29) is 41.6 Å². The van der Waals surface area contributed by atoms with Crippen LogP contribution >= 0.6 is 0 Å². The summed E-state index contributed by atoms with van der Waals surface area (Å²) in [6.07, 6.45) is 3.05. The van der Waals surface area contributed by atoms with Crippen LogP contribution in [0.3, 0.4) is 0 Å². The molecule has 0 radical (unpaired) electrons. The number of amides is 2. The molecule has 1 N–H and O–H groups in total. The minimum absolute atomic E-state index is 0.120. The maximum Gasteiger partial charge on any atom is 0.243 e. The molecule has 0 saturated carbocycles. The van der Waals surface area contributed by atoms with E-state index in [9.17, 15) is 22.4 Å². The van der Waals surface area contributed by atoms with Gasteiger partial charge >= 0.3 is 0 Å². The fraction of sp³-hybridized carbons (Fsp3) is 0.517. The highest BCUT2D eigenvalue weighted by atomic mass is 32.2. The normalized spacial score (nSPS) is 14.9. The molecule has 214 valence electrons. The number of halogens is 1. The highest BCUT2D eigenvalue weighted by Crippen LogP contribution is 2.22. The maximum atomic E-state index is 13.4. The molecule has 10 heteroatoms. The zero-order valence-electron chi connectivity index (χ0n) is 23.1. The largest absolute Gasteiger partial charge is 0.379 e. The Morgan fingerprint density at radius 1 is 1.00 bits per heavy atom. The number of benzene rings is 2. The summed E-state index contributed by atoms with van der Waals surface area (Å²) in [6.45, 7) is 7.79. The first kappa shape index (κ1) is 30.7. The van der Waals surface area contributed by atoms with Crippen molar-refractivity contribution in [3.05, 3.63) is 65.5 Å². The van der Waals surface area contributed by atoms with Crippen molar-refractivity contribution < 1.29 is 27.1 Å². The average molecular weight is 562 g/mol. The number of carbonyl (C=O) groups excluding carboxylic acids is 2. The number of ether oxygens (including phenoxy) is 1. The molecule has 8 nitrogen and oxygen atoms in total. The first-order valence-electron chi connectivity index (χ1n) is 13.6. The second kappa shape index (κ2) is 14.5. The van der Waals surface area contributed by atoms with E-state index >= 15 is 0 Å². The third-order valence-electron chi connectivity index (χ3n) is 6.76. The molecule has 1 heterocycles. The van der Waals surface area contributed by atoms with Crippen LogP contribution in [0.15, 0.2) is 53.4 Å². The number of hydrogen-bond donors (Lipinski definition) is 1. The molecule has 1 aliphatic rings. The fourth-order valence-corrected chi connectivity index (χ4v) is 5.94. The summed E-state index contributed by atoms with van der Waals surface area (Å²) < 4.78 is 46.0. The lowest BCUT2D eigenvalue weighted by Gasteiger charge is -2.29. The van der Waals surface area contributed by atoms with Crippen molar-refractivity contribution in [1.29, 1.82) is 0 Å². The van der Waals surface area contributed by atoms with Gasteiger partial charge in [0.15, 0.2) is 0 Å². The number of nitrogens with one attached hydrogen (secondary N) is 1. The van der Waals surface area contributed by atoms with Crippen molar-refractivity contribution in [2.45, 2.75) is 76.5 Å². The van der Waals surface area contributed by atoms with Crippen molar-refractivity contribution >= 4 is 21.8 Å². The zero-order chi connectivity index (χ0) is 28.4. The van der Waals surface area contributed by atoms with E-state index in [2.05, 4.69) is 5.32 Å². The van der Waals surface area contributed by atoms with E-state index in [1.165, 1.54) is 21.3 Å². The standard InChI is InChI=1S/C29H40FN3O5S/c1-22(2)38-20-6-17-31-29(35)23(3)33(21-25-7-12-26(30)13-8-25)28(34)16-11-24-9-14-27(15-10-24)39(36,37)32-18-4-5-19-32/h7-10,12-15,22-23H,4-6,11,16-21H2,1-3H3,(H,31,35)/t23-/m0/s1. The Hall–Kier alpha value is -2.82. The van der Waals surface area contributed by atoms with Crippen LogP contribution in [-0.4, -0.2) is 67.8 Å². The van der Waals surface area contributed by atoms with E-state index in [0.29, 0.717) is 44.6 Å². The molecule has 2 aromatic carbocycles. The van der Waals surface area contributed by atoms with Gasteiger partial charge in [0.25, 0.3) is 0 Å². The summed E-state index contributed by atoms with van der Waals surface area (Å²) in [5, 5.41) is 2.87. The molecule has 0 spiro atoms. The van der Waals surface area contributed by atoms with Crippen LogP contribution in [0.4, 0.5) is 4.39 Å². The van der Waals surface area contributed by atoms with E-state index < -0.39 is 16.1 Å². The molecule has 0 bridgehead atoms. The molecule has 0 aliphatic carbocycles. The van der Waals surface area contributed by atoms with Crippen LogP contribution in [-0.2, 0) is 37.3 Å². The summed E-state index contributed by atoms with van der Waals surface area (Å²) in [6, 6.07) is 11.8. The zero-order valence-corrected chi connectivity index (χ0v) is 23.9. The van der Waals surface area contributed by atoms with Crippen LogP contribution in [0.1, 0.15) is 57.6 Å². The number of carbonyl (C=O) groups is 2. The van der Waals surface area contributed by atoms with E-state index in [1.807, 2.05) is 13.8 Å². The molecule has 1 fully saturated rings. The number of rotatable bonds is 14. The molecule has 2 aromatic rings. The fourth-order valence-electron chi connectivity index (χ4n) is 4.42. The highest BCUT2D eigenvalue weighted by molar-refractivity contribution is 7.89. The summed E-state index contributed by atoms with van der Waals surface area (Å²) >= 11 is 0. The second-order valence-electron chi connectivity index (χ2n) is 10.1. The van der Waals surface area contributed by atoms with Crippen molar-refractivity contribution in [1.82, 2.24) is 14.5 Å². The molecule has 39 heavy (non-hydrogen) atoms. The Labute approximate surface area is 231 Å². The van der Waals surface area contributed by atoms with Gasteiger partial charge in [-0.25, -0.2) is 12.8 Å². The molecular weight excluding hydrogens is 521 g/mol. The summed E-state index contributed by atoms with van der Waals surface area (Å²) in [4.78, 5) is 28.0. The number of aryl methyl sites for hydroxylation is 1. The summed E-state index contributed by atoms with van der Waals surface area (Å²) in [5.74, 6) is -0.869. The first-order chi connectivity index (χ1) is 18.6. The van der Waals surface area contributed by atoms with Crippen LogP contribution in [0.25, 0.3) is 0 Å². The van der Waals surface area contributed by atoms with Gasteiger partial charge in [-0.2, -0.15) is 4.31 Å². The van der Waals surface area contributed by atoms with Crippen molar-refractivity contribution in [3.63, 3.8) is 0 Å². The van der Waals surface area contributed by atoms with Crippen molar-refractivity contribution in [3.8, 4) is 0 Å². The minimum atomic E-state index is -3.50. The topological polar surface area (TPSA) is 96.0 Å². The van der Waals surface area contributed by atoms with Crippen LogP contribution in [0.2, 0.25) is 0 Å². The van der Waals surface area contributed by atoms with Crippen molar-refractivity contribution in [2.75, 3.05) is 26.2 Å². The van der Waals surface area contributed by atoms with Crippen LogP contribution < -0.4 is 5.32 Å². The van der Waals surface area contributed by atoms with Gasteiger partial charge in [0, 0.05) is 39.2 Å². The molecule has 2 amide bonds. The Bertz CT molecular complexity index is 1180. The molecule has 3 rings (SSSR count). The van der Waals surface area contributed by atoms with Gasteiger partial charge in [0.05, 0.1) is 11.0 Å². The third-order valence-corrected chi connectivity index (χ3v) is 8.67. The van der Waals surface area contributed by atoms with Gasteiger partial charge in [-0.3, -0.25) is 9.59 Å². The van der Waals surface area contributed by atoms with E-state index in [0.717, 1.165) is 18.4 Å². The Morgan fingerprint density at radius 3 is 2.23 bits per heavy atom. The summed E-state index contributed by atoms with van der Waals surface area (Å²) in [7, 11) is -3.50. The van der Waals surface area contributed by atoms with Crippen LogP contribution in [0.5, 0.6) is 0 Å². The second-order valence-corrected chi connectivity index (χ2v) is 12.1. The smallest absolute Gasteiger partial charge is 0.243 e. The lowest BCUT2D eigenvalue weighted by Crippen LogP contribution is -2.48. The molecule has 1 aliphatic heterocycles. The highest BCUT2D eigenvalue weighted by Gasteiger charge is 2.28. The number of nitrogens with zero attached hydrogens (tertiary/aromatic N) is 2. The summed E-state index contributed by atoms with van der Waals surface area (Å²) in [5.41, 5.74) is 1.54. The van der Waals surface area contributed by atoms with Gasteiger partial charge in [-0.1, -0.05) is 24.3 Å². The lowest BCUT2D eigenvalue weighted by molar-refractivity contribution is -0.140. The molecule has 1 saturated heterocycles. The van der Waals surface area contributed by atoms with Gasteiger partial charge in [-0.15, -0.1) is 0 Å². The predicted octanol–water partition coefficient (Wildman–Crippen LogP) is 3.89. The first-order valence-corrected chi connectivity index (χ1v) is 15.0. The average Bonchev–Trinajstić information content (AvgIpc) is 3.47. The Morgan fingerprint density at radius 2 is 1.62 bits per heavy atom. The monoisotopic (exact) mass is 561 g/mol. The molecular formula is C29H40FN3O5S.